The molecule has 2 aromatic rings. The van der Waals surface area contributed by atoms with E-state index in [1.54, 1.807) is 12.1 Å². The summed E-state index contributed by atoms with van der Waals surface area (Å²) in [6.45, 7) is 0.760. The molecule has 2 aromatic carbocycles. The number of nitrogens with two attached hydrogens (primary N) is 1. The van der Waals surface area contributed by atoms with Crippen LogP contribution in [0.5, 0.6) is 5.75 Å². The molecule has 0 aliphatic carbocycles. The normalized spacial score (nSPS) is 11.1. The number of rotatable bonds is 8. The van der Waals surface area contributed by atoms with Crippen LogP contribution < -0.4 is 15.2 Å². The summed E-state index contributed by atoms with van der Waals surface area (Å²) in [6, 6.07) is 13.7. The molecule has 0 radical (unpaired) electrons. The highest BCUT2D eigenvalue weighted by molar-refractivity contribution is 9.10. The van der Waals surface area contributed by atoms with Crippen LogP contribution in [0.4, 0.5) is 0 Å². The standard InChI is InChI=1S/C17H19BrN2O4S/c18-14-2-1-3-15(12-14)24-11-9-17(21)20-10-8-13-4-6-16(7-5-13)25(19,22)23/h1-7,12H,8-11H2,(H,20,21)(H2,19,22,23). The lowest BCUT2D eigenvalue weighted by atomic mass is 10.1. The first kappa shape index (κ1) is 19.4. The maximum atomic E-state index is 11.8. The van der Waals surface area contributed by atoms with E-state index in [4.69, 9.17) is 9.88 Å². The molecule has 134 valence electrons. The number of sulfonamides is 1. The minimum atomic E-state index is -3.68. The molecule has 0 aromatic heterocycles. The first-order chi connectivity index (χ1) is 11.8. The van der Waals surface area contributed by atoms with Crippen LogP contribution in [-0.4, -0.2) is 27.5 Å². The first-order valence-electron chi connectivity index (χ1n) is 7.61. The molecule has 25 heavy (non-hydrogen) atoms. The molecule has 0 aliphatic heterocycles. The number of benzene rings is 2. The molecule has 6 nitrogen and oxygen atoms in total. The largest absolute Gasteiger partial charge is 0.493 e. The summed E-state index contributed by atoms with van der Waals surface area (Å²) in [7, 11) is -3.68. The van der Waals surface area contributed by atoms with Gasteiger partial charge in [0.05, 0.1) is 17.9 Å². The monoisotopic (exact) mass is 426 g/mol. The SMILES string of the molecule is NS(=O)(=O)c1ccc(CCNC(=O)CCOc2cccc(Br)c2)cc1. The van der Waals surface area contributed by atoms with Crippen LogP contribution >= 0.6 is 15.9 Å². The van der Waals surface area contributed by atoms with Gasteiger partial charge in [-0.15, -0.1) is 0 Å². The Hall–Kier alpha value is -1.90. The predicted molar refractivity (Wildman–Crippen MR) is 98.8 cm³/mol. The van der Waals surface area contributed by atoms with Gasteiger partial charge in [-0.2, -0.15) is 0 Å². The molecule has 0 aliphatic rings. The summed E-state index contributed by atoms with van der Waals surface area (Å²) in [5.74, 6) is 0.605. The first-order valence-corrected chi connectivity index (χ1v) is 9.95. The third-order valence-corrected chi connectivity index (χ3v) is 4.80. The molecule has 0 atom stereocenters. The Morgan fingerprint density at radius 1 is 1.16 bits per heavy atom. The molecule has 0 unspecified atom stereocenters. The van der Waals surface area contributed by atoms with E-state index in [0.717, 1.165) is 10.0 Å². The van der Waals surface area contributed by atoms with Crippen molar-refractivity contribution in [2.24, 2.45) is 5.14 Å². The van der Waals surface area contributed by atoms with Crippen molar-refractivity contribution in [3.8, 4) is 5.75 Å². The van der Waals surface area contributed by atoms with Crippen molar-refractivity contribution in [1.82, 2.24) is 5.32 Å². The van der Waals surface area contributed by atoms with E-state index in [1.165, 1.54) is 12.1 Å². The lowest BCUT2D eigenvalue weighted by Crippen LogP contribution is -2.27. The van der Waals surface area contributed by atoms with Crippen LogP contribution in [-0.2, 0) is 21.2 Å². The number of carbonyl (C=O) groups excluding carboxylic acids is 1. The molecule has 1 amide bonds. The Balaban J connectivity index is 1.68. The Bertz CT molecular complexity index is 823. The lowest BCUT2D eigenvalue weighted by molar-refractivity contribution is -0.121. The fourth-order valence-corrected chi connectivity index (χ4v) is 2.99. The van der Waals surface area contributed by atoms with Gasteiger partial charge in [-0.3, -0.25) is 4.79 Å². The zero-order valence-electron chi connectivity index (χ0n) is 13.4. The predicted octanol–water partition coefficient (Wildman–Crippen LogP) is 2.22. The van der Waals surface area contributed by atoms with Crippen molar-refractivity contribution in [3.05, 3.63) is 58.6 Å². The molecule has 2 rings (SSSR count). The van der Waals surface area contributed by atoms with E-state index in [0.29, 0.717) is 25.3 Å². The number of amides is 1. The fraction of sp³-hybridized carbons (Fsp3) is 0.235. The van der Waals surface area contributed by atoms with Gasteiger partial charge in [-0.25, -0.2) is 13.6 Å². The van der Waals surface area contributed by atoms with Crippen LogP contribution in [0, 0.1) is 0 Å². The summed E-state index contributed by atoms with van der Waals surface area (Å²) in [5, 5.41) is 7.85. The van der Waals surface area contributed by atoms with Crippen LogP contribution in [0.2, 0.25) is 0 Å². The third-order valence-electron chi connectivity index (χ3n) is 3.38. The van der Waals surface area contributed by atoms with Crippen LogP contribution in [0.3, 0.4) is 0 Å². The molecule has 0 bridgehead atoms. The Kier molecular flexibility index (Phi) is 6.98. The van der Waals surface area contributed by atoms with E-state index >= 15 is 0 Å². The van der Waals surface area contributed by atoms with Crippen molar-refractivity contribution in [2.75, 3.05) is 13.2 Å². The zero-order chi connectivity index (χ0) is 18.3. The zero-order valence-corrected chi connectivity index (χ0v) is 15.8. The minimum Gasteiger partial charge on any atom is -0.493 e. The maximum absolute atomic E-state index is 11.8. The molecule has 0 fully saturated rings. The van der Waals surface area contributed by atoms with E-state index in [2.05, 4.69) is 21.2 Å². The quantitative estimate of drug-likeness (QED) is 0.675. The van der Waals surface area contributed by atoms with E-state index < -0.39 is 10.0 Å². The van der Waals surface area contributed by atoms with Gasteiger partial charge in [-0.05, 0) is 42.3 Å². The van der Waals surface area contributed by atoms with Crippen LogP contribution in [0.15, 0.2) is 57.9 Å². The number of ether oxygens (including phenoxy) is 1. The molecular weight excluding hydrogens is 408 g/mol. The minimum absolute atomic E-state index is 0.0741. The van der Waals surface area contributed by atoms with Gasteiger partial charge in [-0.1, -0.05) is 34.1 Å². The average molecular weight is 427 g/mol. The molecule has 3 N–H and O–H groups in total. The van der Waals surface area contributed by atoms with Gasteiger partial charge < -0.3 is 10.1 Å². The third kappa shape index (κ3) is 6.85. The Morgan fingerprint density at radius 2 is 1.88 bits per heavy atom. The maximum Gasteiger partial charge on any atom is 0.238 e. The summed E-state index contributed by atoms with van der Waals surface area (Å²) in [5.41, 5.74) is 0.915. The molecular formula is C17H19BrN2O4S. The molecule has 0 saturated carbocycles. The van der Waals surface area contributed by atoms with Gasteiger partial charge in [0, 0.05) is 11.0 Å². The second-order valence-electron chi connectivity index (χ2n) is 5.34. The molecule has 0 heterocycles. The number of hydrogen-bond donors (Lipinski definition) is 2. The van der Waals surface area contributed by atoms with Crippen molar-refractivity contribution in [1.29, 1.82) is 0 Å². The van der Waals surface area contributed by atoms with Crippen molar-refractivity contribution >= 4 is 31.9 Å². The van der Waals surface area contributed by atoms with E-state index in [9.17, 15) is 13.2 Å². The van der Waals surface area contributed by atoms with E-state index in [-0.39, 0.29) is 17.2 Å². The van der Waals surface area contributed by atoms with E-state index in [1.807, 2.05) is 24.3 Å². The lowest BCUT2D eigenvalue weighted by Gasteiger charge is -2.08. The number of carbonyl (C=O) groups is 1. The van der Waals surface area contributed by atoms with Crippen LogP contribution in [0.25, 0.3) is 0 Å². The molecule has 8 heteroatoms. The Labute approximate surface area is 155 Å². The molecule has 0 spiro atoms. The smallest absolute Gasteiger partial charge is 0.238 e. The van der Waals surface area contributed by atoms with Gasteiger partial charge in [0.25, 0.3) is 0 Å². The highest BCUT2D eigenvalue weighted by Gasteiger charge is 2.07. The van der Waals surface area contributed by atoms with Crippen molar-refractivity contribution < 1.29 is 17.9 Å². The highest BCUT2D eigenvalue weighted by Crippen LogP contribution is 2.17. The number of nitrogens with one attached hydrogen (secondary N) is 1. The Morgan fingerprint density at radius 3 is 2.52 bits per heavy atom. The van der Waals surface area contributed by atoms with Gasteiger partial charge in [0.15, 0.2) is 0 Å². The average Bonchev–Trinajstić information content (AvgIpc) is 2.54. The fourth-order valence-electron chi connectivity index (χ4n) is 2.10. The second kappa shape index (κ2) is 8.98. The number of hydrogen-bond acceptors (Lipinski definition) is 4. The van der Waals surface area contributed by atoms with Crippen molar-refractivity contribution in [3.63, 3.8) is 0 Å². The van der Waals surface area contributed by atoms with Crippen molar-refractivity contribution in [2.45, 2.75) is 17.7 Å². The summed E-state index contributed by atoms with van der Waals surface area (Å²) < 4.78 is 28.8. The number of halogens is 1. The second-order valence-corrected chi connectivity index (χ2v) is 7.82. The molecule has 0 saturated heterocycles. The van der Waals surface area contributed by atoms with Gasteiger partial charge >= 0.3 is 0 Å². The highest BCUT2D eigenvalue weighted by atomic mass is 79.9. The topological polar surface area (TPSA) is 98.5 Å². The summed E-state index contributed by atoms with van der Waals surface area (Å²) in [6.07, 6.45) is 0.861. The van der Waals surface area contributed by atoms with Crippen LogP contribution in [0.1, 0.15) is 12.0 Å². The summed E-state index contributed by atoms with van der Waals surface area (Å²) in [4.78, 5) is 11.9. The number of primary sulfonamides is 1. The van der Waals surface area contributed by atoms with Gasteiger partial charge in [0.2, 0.25) is 15.9 Å². The van der Waals surface area contributed by atoms with Gasteiger partial charge in [0.1, 0.15) is 5.75 Å². The summed E-state index contributed by atoms with van der Waals surface area (Å²) >= 11 is 3.35.